The first kappa shape index (κ1) is 20.0. The molecule has 0 radical (unpaired) electrons. The summed E-state index contributed by atoms with van der Waals surface area (Å²) in [6.45, 7) is 2.38. The number of aryl methyl sites for hydroxylation is 1. The third-order valence-corrected chi connectivity index (χ3v) is 6.65. The second kappa shape index (κ2) is 8.53. The van der Waals surface area contributed by atoms with Gasteiger partial charge in [0, 0.05) is 24.8 Å². The fraction of sp³-hybridized carbons (Fsp3) is 0.300. The Bertz CT molecular complexity index is 943. The van der Waals surface area contributed by atoms with Crippen molar-refractivity contribution in [2.45, 2.75) is 30.7 Å². The number of amides is 2. The van der Waals surface area contributed by atoms with Crippen molar-refractivity contribution < 1.29 is 18.0 Å². The topological polar surface area (TPSA) is 95.6 Å². The van der Waals surface area contributed by atoms with Gasteiger partial charge in [0.05, 0.1) is 4.90 Å². The predicted molar refractivity (Wildman–Crippen MR) is 106 cm³/mol. The van der Waals surface area contributed by atoms with Crippen molar-refractivity contribution in [1.82, 2.24) is 9.62 Å². The molecule has 2 aromatic rings. The van der Waals surface area contributed by atoms with E-state index >= 15 is 0 Å². The van der Waals surface area contributed by atoms with E-state index in [1.54, 1.807) is 54.6 Å². The maximum Gasteiger partial charge on any atom is 0.313 e. The number of benzene rings is 2. The third kappa shape index (κ3) is 4.58. The minimum atomic E-state index is -3.64. The molecule has 0 unspecified atom stereocenters. The van der Waals surface area contributed by atoms with Crippen molar-refractivity contribution in [3.63, 3.8) is 0 Å². The van der Waals surface area contributed by atoms with Gasteiger partial charge in [-0.1, -0.05) is 35.9 Å². The quantitative estimate of drug-likeness (QED) is 0.748. The minimum Gasteiger partial charge on any atom is -0.346 e. The molecule has 1 saturated heterocycles. The van der Waals surface area contributed by atoms with E-state index in [0.717, 1.165) is 5.56 Å². The van der Waals surface area contributed by atoms with Crippen LogP contribution in [0, 0.1) is 6.92 Å². The lowest BCUT2D eigenvalue weighted by Gasteiger charge is -2.24. The van der Waals surface area contributed by atoms with E-state index in [-0.39, 0.29) is 17.5 Å². The number of sulfonamides is 1. The van der Waals surface area contributed by atoms with Gasteiger partial charge in [-0.2, -0.15) is 4.31 Å². The van der Waals surface area contributed by atoms with Crippen LogP contribution in [0.4, 0.5) is 5.69 Å². The number of nitrogens with zero attached hydrogens (tertiary/aromatic N) is 1. The van der Waals surface area contributed by atoms with E-state index in [2.05, 4.69) is 10.6 Å². The molecule has 28 heavy (non-hydrogen) atoms. The molecule has 8 heteroatoms. The third-order valence-electron chi connectivity index (χ3n) is 4.69. The molecule has 7 nitrogen and oxygen atoms in total. The van der Waals surface area contributed by atoms with E-state index in [1.807, 2.05) is 6.92 Å². The number of hydrogen-bond donors (Lipinski definition) is 2. The van der Waals surface area contributed by atoms with Gasteiger partial charge in [-0.25, -0.2) is 8.42 Å². The molecule has 0 aromatic heterocycles. The smallest absolute Gasteiger partial charge is 0.313 e. The normalized spacial score (nSPS) is 17.2. The molecule has 2 amide bonds. The molecule has 1 heterocycles. The highest BCUT2D eigenvalue weighted by Gasteiger charge is 2.35. The first-order valence-corrected chi connectivity index (χ1v) is 10.5. The summed E-state index contributed by atoms with van der Waals surface area (Å²) in [6.07, 6.45) is 1.34. The first-order chi connectivity index (χ1) is 13.4. The van der Waals surface area contributed by atoms with Crippen LogP contribution in [0.1, 0.15) is 18.4 Å². The van der Waals surface area contributed by atoms with Gasteiger partial charge in [0.1, 0.15) is 0 Å². The number of carbonyl (C=O) groups is 2. The highest BCUT2D eigenvalue weighted by molar-refractivity contribution is 7.89. The number of rotatable bonds is 5. The van der Waals surface area contributed by atoms with Crippen LogP contribution in [0.15, 0.2) is 59.5 Å². The second-order valence-corrected chi connectivity index (χ2v) is 8.65. The van der Waals surface area contributed by atoms with Crippen molar-refractivity contribution in [3.8, 4) is 0 Å². The maximum atomic E-state index is 12.9. The van der Waals surface area contributed by atoms with E-state index in [9.17, 15) is 18.0 Å². The first-order valence-electron chi connectivity index (χ1n) is 9.10. The summed E-state index contributed by atoms with van der Waals surface area (Å²) in [5, 5.41) is 5.06. The van der Waals surface area contributed by atoms with Gasteiger partial charge in [-0.05, 0) is 44.0 Å². The molecular formula is C20H23N3O4S. The Morgan fingerprint density at radius 1 is 1.04 bits per heavy atom. The SMILES string of the molecule is Cc1ccc(S(=O)(=O)N2CCC[C@@H]2CNC(=O)C(=O)Nc2ccccc2)cc1. The molecule has 0 bridgehead atoms. The Morgan fingerprint density at radius 2 is 1.71 bits per heavy atom. The van der Waals surface area contributed by atoms with Gasteiger partial charge in [-0.15, -0.1) is 0 Å². The van der Waals surface area contributed by atoms with Crippen molar-refractivity contribution in [1.29, 1.82) is 0 Å². The van der Waals surface area contributed by atoms with Crippen molar-refractivity contribution >= 4 is 27.5 Å². The number of para-hydroxylation sites is 1. The number of hydrogen-bond acceptors (Lipinski definition) is 4. The lowest BCUT2D eigenvalue weighted by atomic mass is 10.2. The van der Waals surface area contributed by atoms with Crippen LogP contribution in [0.5, 0.6) is 0 Å². The van der Waals surface area contributed by atoms with Gasteiger partial charge >= 0.3 is 11.8 Å². The largest absolute Gasteiger partial charge is 0.346 e. The Morgan fingerprint density at radius 3 is 2.39 bits per heavy atom. The molecule has 148 valence electrons. The van der Waals surface area contributed by atoms with Gasteiger partial charge in [-0.3, -0.25) is 9.59 Å². The summed E-state index contributed by atoms with van der Waals surface area (Å²) < 4.78 is 27.2. The highest BCUT2D eigenvalue weighted by Crippen LogP contribution is 2.26. The van der Waals surface area contributed by atoms with Gasteiger partial charge in [0.2, 0.25) is 10.0 Å². The molecule has 0 spiro atoms. The van der Waals surface area contributed by atoms with Gasteiger partial charge in [0.25, 0.3) is 0 Å². The zero-order chi connectivity index (χ0) is 20.1. The molecule has 0 aliphatic carbocycles. The monoisotopic (exact) mass is 401 g/mol. The zero-order valence-corrected chi connectivity index (χ0v) is 16.4. The standard InChI is InChI=1S/C20H23N3O4S/c1-15-9-11-18(12-10-15)28(26,27)23-13-5-8-17(23)14-21-19(24)20(25)22-16-6-3-2-4-7-16/h2-4,6-7,9-12,17H,5,8,13-14H2,1H3,(H,21,24)(H,22,25)/t17-/m1/s1. The van der Waals surface area contributed by atoms with Crippen LogP contribution >= 0.6 is 0 Å². The van der Waals surface area contributed by atoms with E-state index in [1.165, 1.54) is 4.31 Å². The van der Waals surface area contributed by atoms with Crippen molar-refractivity contribution in [2.75, 3.05) is 18.4 Å². The Kier molecular flexibility index (Phi) is 6.11. The Hall–Kier alpha value is -2.71. The summed E-state index contributed by atoms with van der Waals surface area (Å²) in [7, 11) is -3.64. The fourth-order valence-electron chi connectivity index (χ4n) is 3.18. The van der Waals surface area contributed by atoms with E-state index in [0.29, 0.717) is 25.1 Å². The van der Waals surface area contributed by atoms with Crippen LogP contribution in [0.25, 0.3) is 0 Å². The van der Waals surface area contributed by atoms with Crippen LogP contribution < -0.4 is 10.6 Å². The summed E-state index contributed by atoms with van der Waals surface area (Å²) >= 11 is 0. The molecule has 1 fully saturated rings. The molecule has 1 aliphatic heterocycles. The predicted octanol–water partition coefficient (Wildman–Crippen LogP) is 1.90. The average molecular weight is 401 g/mol. The van der Waals surface area contributed by atoms with Gasteiger partial charge < -0.3 is 10.6 Å². The van der Waals surface area contributed by atoms with Crippen LogP contribution in [0.3, 0.4) is 0 Å². The van der Waals surface area contributed by atoms with Gasteiger partial charge in [0.15, 0.2) is 0 Å². The molecule has 2 N–H and O–H groups in total. The number of anilines is 1. The molecular weight excluding hydrogens is 378 g/mol. The minimum absolute atomic E-state index is 0.0894. The highest BCUT2D eigenvalue weighted by atomic mass is 32.2. The van der Waals surface area contributed by atoms with E-state index < -0.39 is 21.8 Å². The average Bonchev–Trinajstić information content (AvgIpc) is 3.17. The van der Waals surface area contributed by atoms with E-state index in [4.69, 9.17) is 0 Å². The van der Waals surface area contributed by atoms with Crippen LogP contribution in [0.2, 0.25) is 0 Å². The fourth-order valence-corrected chi connectivity index (χ4v) is 4.87. The van der Waals surface area contributed by atoms with Crippen molar-refractivity contribution in [2.24, 2.45) is 0 Å². The second-order valence-electron chi connectivity index (χ2n) is 6.76. The van der Waals surface area contributed by atoms with Crippen LogP contribution in [-0.4, -0.2) is 43.7 Å². The molecule has 0 saturated carbocycles. The lowest BCUT2D eigenvalue weighted by Crippen LogP contribution is -2.45. The lowest BCUT2D eigenvalue weighted by molar-refractivity contribution is -0.136. The molecule has 2 aromatic carbocycles. The Labute approximate surface area is 164 Å². The summed E-state index contributed by atoms with van der Waals surface area (Å²) in [5.74, 6) is -1.57. The molecule has 3 rings (SSSR count). The molecule has 1 atom stereocenters. The summed E-state index contributed by atoms with van der Waals surface area (Å²) in [5.41, 5.74) is 1.50. The Balaban J connectivity index is 1.61. The summed E-state index contributed by atoms with van der Waals surface area (Å²) in [6, 6.07) is 15.0. The molecule has 1 aliphatic rings. The zero-order valence-electron chi connectivity index (χ0n) is 15.6. The summed E-state index contributed by atoms with van der Waals surface area (Å²) in [4.78, 5) is 24.3. The van der Waals surface area contributed by atoms with Crippen molar-refractivity contribution in [3.05, 3.63) is 60.2 Å². The van der Waals surface area contributed by atoms with Crippen LogP contribution in [-0.2, 0) is 19.6 Å². The number of nitrogens with one attached hydrogen (secondary N) is 2. The number of carbonyl (C=O) groups excluding carboxylic acids is 2. The maximum absolute atomic E-state index is 12.9.